The molecule has 86 valence electrons. The van der Waals surface area contributed by atoms with Gasteiger partial charge >= 0.3 is 0 Å². The second-order valence-corrected chi connectivity index (χ2v) is 4.89. The standard InChI is InChI=1S/C12H10BrN3O/c1-6-11(7(2)17-16-6)10-4-8-3-9(13)5-14-12(8)15-10/h3-5H,1-2H3,(H,14,15). The molecular formula is C12H10BrN3O. The average Bonchev–Trinajstić information content (AvgIpc) is 2.81. The zero-order valence-electron chi connectivity index (χ0n) is 9.41. The molecule has 0 unspecified atom stereocenters. The Morgan fingerprint density at radius 2 is 2.12 bits per heavy atom. The Morgan fingerprint density at radius 3 is 2.82 bits per heavy atom. The summed E-state index contributed by atoms with van der Waals surface area (Å²) in [6.07, 6.45) is 1.77. The van der Waals surface area contributed by atoms with E-state index in [1.807, 2.05) is 19.9 Å². The molecule has 0 aliphatic heterocycles. The van der Waals surface area contributed by atoms with Crippen molar-refractivity contribution in [1.29, 1.82) is 0 Å². The Bertz CT molecular complexity index is 679. The molecular weight excluding hydrogens is 282 g/mol. The van der Waals surface area contributed by atoms with Crippen molar-refractivity contribution in [3.8, 4) is 11.3 Å². The monoisotopic (exact) mass is 291 g/mol. The van der Waals surface area contributed by atoms with Gasteiger partial charge in [-0.1, -0.05) is 5.16 Å². The molecule has 3 aromatic heterocycles. The molecule has 17 heavy (non-hydrogen) atoms. The number of nitrogens with zero attached hydrogens (tertiary/aromatic N) is 2. The summed E-state index contributed by atoms with van der Waals surface area (Å²) in [7, 11) is 0. The molecule has 0 spiro atoms. The van der Waals surface area contributed by atoms with Crippen LogP contribution in [-0.4, -0.2) is 15.1 Å². The van der Waals surface area contributed by atoms with Crippen molar-refractivity contribution in [1.82, 2.24) is 15.1 Å². The van der Waals surface area contributed by atoms with Gasteiger partial charge < -0.3 is 9.51 Å². The van der Waals surface area contributed by atoms with Crippen LogP contribution in [0.4, 0.5) is 0 Å². The van der Waals surface area contributed by atoms with Crippen molar-refractivity contribution in [3.63, 3.8) is 0 Å². The molecule has 0 aliphatic rings. The largest absolute Gasteiger partial charge is 0.361 e. The van der Waals surface area contributed by atoms with E-state index in [0.29, 0.717) is 0 Å². The van der Waals surface area contributed by atoms with Gasteiger partial charge in [-0.05, 0) is 41.9 Å². The van der Waals surface area contributed by atoms with E-state index in [4.69, 9.17) is 4.52 Å². The lowest BCUT2D eigenvalue weighted by atomic mass is 10.1. The number of hydrogen-bond acceptors (Lipinski definition) is 3. The second-order valence-electron chi connectivity index (χ2n) is 3.97. The second kappa shape index (κ2) is 3.70. The van der Waals surface area contributed by atoms with Gasteiger partial charge in [-0.3, -0.25) is 0 Å². The van der Waals surface area contributed by atoms with Crippen molar-refractivity contribution in [2.24, 2.45) is 0 Å². The molecule has 3 rings (SSSR count). The first kappa shape index (κ1) is 10.5. The van der Waals surface area contributed by atoms with Crippen LogP contribution in [-0.2, 0) is 0 Å². The number of pyridine rings is 1. The van der Waals surface area contributed by atoms with Gasteiger partial charge in [0.15, 0.2) is 0 Å². The van der Waals surface area contributed by atoms with E-state index < -0.39 is 0 Å². The third kappa shape index (κ3) is 1.67. The zero-order valence-corrected chi connectivity index (χ0v) is 11.0. The molecule has 0 aliphatic carbocycles. The van der Waals surface area contributed by atoms with Crippen LogP contribution in [0, 0.1) is 13.8 Å². The van der Waals surface area contributed by atoms with Crippen LogP contribution in [0.1, 0.15) is 11.5 Å². The molecule has 0 amide bonds. The van der Waals surface area contributed by atoms with E-state index in [1.165, 1.54) is 0 Å². The van der Waals surface area contributed by atoms with Crippen molar-refractivity contribution >= 4 is 27.0 Å². The molecule has 0 fully saturated rings. The number of fused-ring (bicyclic) bond motifs is 1. The third-order valence-electron chi connectivity index (χ3n) is 2.74. The summed E-state index contributed by atoms with van der Waals surface area (Å²) < 4.78 is 6.14. The minimum Gasteiger partial charge on any atom is -0.361 e. The Labute approximate surface area is 106 Å². The van der Waals surface area contributed by atoms with Gasteiger partial charge in [0.1, 0.15) is 11.4 Å². The lowest BCUT2D eigenvalue weighted by Gasteiger charge is -1.93. The fourth-order valence-corrected chi connectivity index (χ4v) is 2.34. The number of aromatic amines is 1. The average molecular weight is 292 g/mol. The minimum absolute atomic E-state index is 0.813. The van der Waals surface area contributed by atoms with Crippen LogP contribution in [0.5, 0.6) is 0 Å². The Balaban J connectivity index is 2.25. The number of halogens is 1. The van der Waals surface area contributed by atoms with Crippen LogP contribution >= 0.6 is 15.9 Å². The molecule has 4 nitrogen and oxygen atoms in total. The molecule has 0 atom stereocenters. The fourth-order valence-electron chi connectivity index (χ4n) is 1.99. The van der Waals surface area contributed by atoms with Crippen LogP contribution < -0.4 is 0 Å². The Kier molecular flexibility index (Phi) is 2.29. The molecule has 0 aromatic carbocycles. The number of aryl methyl sites for hydroxylation is 2. The highest BCUT2D eigenvalue weighted by Crippen LogP contribution is 2.29. The highest BCUT2D eigenvalue weighted by Gasteiger charge is 2.14. The quantitative estimate of drug-likeness (QED) is 0.745. The summed E-state index contributed by atoms with van der Waals surface area (Å²) in [6.45, 7) is 3.84. The lowest BCUT2D eigenvalue weighted by molar-refractivity contribution is 0.393. The molecule has 1 N–H and O–H groups in total. The van der Waals surface area contributed by atoms with Gasteiger partial charge in [0.25, 0.3) is 0 Å². The van der Waals surface area contributed by atoms with E-state index in [2.05, 4.69) is 37.1 Å². The smallest absolute Gasteiger partial charge is 0.143 e. The highest BCUT2D eigenvalue weighted by atomic mass is 79.9. The number of nitrogens with one attached hydrogen (secondary N) is 1. The van der Waals surface area contributed by atoms with Gasteiger partial charge in [0, 0.05) is 16.1 Å². The van der Waals surface area contributed by atoms with E-state index in [1.54, 1.807) is 6.20 Å². The van der Waals surface area contributed by atoms with Gasteiger partial charge in [0.05, 0.1) is 17.0 Å². The maximum Gasteiger partial charge on any atom is 0.143 e. The normalized spacial score (nSPS) is 11.2. The Hall–Kier alpha value is -1.62. The van der Waals surface area contributed by atoms with Gasteiger partial charge in [-0.2, -0.15) is 0 Å². The van der Waals surface area contributed by atoms with E-state index >= 15 is 0 Å². The van der Waals surface area contributed by atoms with Gasteiger partial charge in [-0.25, -0.2) is 4.98 Å². The van der Waals surface area contributed by atoms with E-state index in [0.717, 1.165) is 38.2 Å². The maximum absolute atomic E-state index is 5.17. The highest BCUT2D eigenvalue weighted by molar-refractivity contribution is 9.10. The number of rotatable bonds is 1. The summed E-state index contributed by atoms with van der Waals surface area (Å²) in [5.41, 5.74) is 3.75. The van der Waals surface area contributed by atoms with Crippen molar-refractivity contribution < 1.29 is 4.52 Å². The van der Waals surface area contributed by atoms with Crippen molar-refractivity contribution in [2.45, 2.75) is 13.8 Å². The van der Waals surface area contributed by atoms with E-state index in [9.17, 15) is 0 Å². The number of aromatic nitrogens is 3. The first-order valence-corrected chi connectivity index (χ1v) is 6.02. The molecule has 3 heterocycles. The zero-order chi connectivity index (χ0) is 12.0. The van der Waals surface area contributed by atoms with Crippen LogP contribution in [0.2, 0.25) is 0 Å². The predicted molar refractivity (Wildman–Crippen MR) is 68.8 cm³/mol. The van der Waals surface area contributed by atoms with Crippen molar-refractivity contribution in [3.05, 3.63) is 34.3 Å². The Morgan fingerprint density at radius 1 is 1.29 bits per heavy atom. The van der Waals surface area contributed by atoms with Gasteiger partial charge in [0.2, 0.25) is 0 Å². The molecule has 0 bridgehead atoms. The number of H-pyrrole nitrogens is 1. The third-order valence-corrected chi connectivity index (χ3v) is 3.17. The summed E-state index contributed by atoms with van der Waals surface area (Å²) in [5, 5.41) is 5.02. The first-order valence-electron chi connectivity index (χ1n) is 5.22. The minimum atomic E-state index is 0.813. The number of hydrogen-bond donors (Lipinski definition) is 1. The molecule has 0 saturated heterocycles. The summed E-state index contributed by atoms with van der Waals surface area (Å²) in [6, 6.07) is 4.08. The topological polar surface area (TPSA) is 54.7 Å². The van der Waals surface area contributed by atoms with Crippen LogP contribution in [0.3, 0.4) is 0 Å². The maximum atomic E-state index is 5.17. The van der Waals surface area contributed by atoms with Crippen LogP contribution in [0.15, 0.2) is 27.3 Å². The van der Waals surface area contributed by atoms with E-state index in [-0.39, 0.29) is 0 Å². The SMILES string of the molecule is Cc1noc(C)c1-c1cc2cc(Br)cnc2[nH]1. The van der Waals surface area contributed by atoms with Crippen molar-refractivity contribution in [2.75, 3.05) is 0 Å². The predicted octanol–water partition coefficient (Wildman–Crippen LogP) is 3.60. The fraction of sp³-hybridized carbons (Fsp3) is 0.167. The molecule has 5 heteroatoms. The molecule has 3 aromatic rings. The summed E-state index contributed by atoms with van der Waals surface area (Å²) in [4.78, 5) is 7.59. The summed E-state index contributed by atoms with van der Waals surface area (Å²) >= 11 is 3.41. The van der Waals surface area contributed by atoms with Gasteiger partial charge in [-0.15, -0.1) is 0 Å². The molecule has 0 saturated carbocycles. The lowest BCUT2D eigenvalue weighted by Crippen LogP contribution is -1.81. The summed E-state index contributed by atoms with van der Waals surface area (Å²) in [5.74, 6) is 0.813. The molecule has 0 radical (unpaired) electrons. The van der Waals surface area contributed by atoms with Crippen LogP contribution in [0.25, 0.3) is 22.3 Å². The first-order chi connectivity index (χ1) is 8.15.